The Labute approximate surface area is 224 Å². The first-order chi connectivity index (χ1) is 17.9. The Morgan fingerprint density at radius 3 is 2.41 bits per heavy atom. The fourth-order valence-corrected chi connectivity index (χ4v) is 4.03. The van der Waals surface area contributed by atoms with Crippen LogP contribution in [0.15, 0.2) is 91.6 Å². The lowest BCUT2D eigenvalue weighted by molar-refractivity contribution is -0.116. The minimum Gasteiger partial charge on any atom is -0.497 e. The third-order valence-electron chi connectivity index (χ3n) is 5.52. The minimum atomic E-state index is -0.426. The lowest BCUT2D eigenvalue weighted by Crippen LogP contribution is -2.38. The summed E-state index contributed by atoms with van der Waals surface area (Å²) in [6, 6.07) is 21.3. The molecule has 0 saturated carbocycles. The van der Waals surface area contributed by atoms with Crippen molar-refractivity contribution in [2.45, 2.75) is 0 Å². The second kappa shape index (κ2) is 11.8. The quantitative estimate of drug-likeness (QED) is 0.262. The maximum atomic E-state index is 13.1. The molecule has 0 fully saturated rings. The number of nitrogens with one attached hydrogen (secondary N) is 1. The topological polar surface area (TPSA) is 76.5 Å². The van der Waals surface area contributed by atoms with Crippen molar-refractivity contribution in [3.63, 3.8) is 0 Å². The summed E-state index contributed by atoms with van der Waals surface area (Å²) < 4.78 is 7.02. The van der Waals surface area contributed by atoms with Gasteiger partial charge < -0.3 is 9.64 Å². The highest BCUT2D eigenvalue weighted by molar-refractivity contribution is 6.33. The van der Waals surface area contributed by atoms with E-state index in [4.69, 9.17) is 27.9 Å². The number of hydrogen-bond donors (Lipinski definition) is 1. The Kier molecular flexibility index (Phi) is 8.28. The first-order valence-electron chi connectivity index (χ1n) is 11.3. The third-order valence-corrected chi connectivity index (χ3v) is 6.10. The number of benzene rings is 3. The number of amides is 2. The van der Waals surface area contributed by atoms with Crippen molar-refractivity contribution in [3.05, 3.63) is 107 Å². The van der Waals surface area contributed by atoms with Gasteiger partial charge in [0.2, 0.25) is 11.9 Å². The number of aromatic nitrogens is 2. The zero-order chi connectivity index (χ0) is 26.4. The molecule has 1 heterocycles. The zero-order valence-electron chi connectivity index (χ0n) is 20.0. The second-order valence-electron chi connectivity index (χ2n) is 8.03. The average Bonchev–Trinajstić information content (AvgIpc) is 3.32. The number of anilines is 1. The Hall–Kier alpha value is -4.07. The number of hydrogen-bond acceptors (Lipinski definition) is 4. The molecule has 188 valence electrons. The van der Waals surface area contributed by atoms with E-state index in [1.807, 2.05) is 42.6 Å². The van der Waals surface area contributed by atoms with Gasteiger partial charge in [0.05, 0.1) is 23.4 Å². The molecule has 4 aromatic rings. The minimum absolute atomic E-state index is 0.167. The molecule has 3 aromatic carbocycles. The lowest BCUT2D eigenvalue weighted by Gasteiger charge is -2.21. The van der Waals surface area contributed by atoms with E-state index in [0.29, 0.717) is 33.0 Å². The first kappa shape index (κ1) is 26.0. The maximum absolute atomic E-state index is 13.1. The highest BCUT2D eigenvalue weighted by atomic mass is 35.5. The van der Waals surface area contributed by atoms with Gasteiger partial charge in [0.15, 0.2) is 0 Å². The van der Waals surface area contributed by atoms with Gasteiger partial charge in [0.25, 0.3) is 5.91 Å². The number of halogens is 2. The van der Waals surface area contributed by atoms with E-state index in [-0.39, 0.29) is 19.0 Å². The van der Waals surface area contributed by atoms with Gasteiger partial charge in [-0.1, -0.05) is 53.5 Å². The van der Waals surface area contributed by atoms with Crippen LogP contribution in [0.1, 0.15) is 10.4 Å². The molecule has 0 aliphatic rings. The Bertz CT molecular complexity index is 1420. The largest absolute Gasteiger partial charge is 0.497 e. The third kappa shape index (κ3) is 6.20. The normalized spacial score (nSPS) is 10.6. The van der Waals surface area contributed by atoms with E-state index in [0.717, 1.165) is 11.3 Å². The van der Waals surface area contributed by atoms with Crippen molar-refractivity contribution in [1.29, 1.82) is 0 Å². The highest BCUT2D eigenvalue weighted by Crippen LogP contribution is 2.26. The fourth-order valence-electron chi connectivity index (χ4n) is 3.69. The van der Waals surface area contributed by atoms with Crippen molar-refractivity contribution in [3.8, 4) is 22.7 Å². The van der Waals surface area contributed by atoms with Gasteiger partial charge in [-0.25, -0.2) is 4.98 Å². The van der Waals surface area contributed by atoms with Crippen LogP contribution in [0.2, 0.25) is 10.0 Å². The molecule has 9 heteroatoms. The van der Waals surface area contributed by atoms with Crippen LogP contribution in [0.5, 0.6) is 5.75 Å². The van der Waals surface area contributed by atoms with Gasteiger partial charge in [-0.05, 0) is 48.5 Å². The van der Waals surface area contributed by atoms with Crippen LogP contribution >= 0.6 is 23.2 Å². The zero-order valence-corrected chi connectivity index (χ0v) is 21.5. The summed E-state index contributed by atoms with van der Waals surface area (Å²) in [5.41, 5.74) is 2.54. The number of imidazole rings is 1. The van der Waals surface area contributed by atoms with E-state index in [2.05, 4.69) is 16.9 Å². The molecule has 2 amide bonds. The Morgan fingerprint density at radius 2 is 1.76 bits per heavy atom. The molecule has 0 atom stereocenters. The molecule has 0 saturated heterocycles. The average molecular weight is 535 g/mol. The van der Waals surface area contributed by atoms with Crippen molar-refractivity contribution in [1.82, 2.24) is 14.5 Å². The molecule has 37 heavy (non-hydrogen) atoms. The van der Waals surface area contributed by atoms with Crippen LogP contribution in [-0.4, -0.2) is 46.5 Å². The van der Waals surface area contributed by atoms with Gasteiger partial charge >= 0.3 is 0 Å². The Morgan fingerprint density at radius 1 is 1.05 bits per heavy atom. The van der Waals surface area contributed by atoms with Crippen molar-refractivity contribution < 1.29 is 14.3 Å². The summed E-state index contributed by atoms with van der Waals surface area (Å²) in [5.74, 6) is 0.195. The molecule has 0 aliphatic carbocycles. The van der Waals surface area contributed by atoms with Crippen LogP contribution < -0.4 is 10.1 Å². The molecular formula is C28H24Cl2N4O3. The first-order valence-corrected chi connectivity index (χ1v) is 12.1. The number of nitrogens with zero attached hydrogens (tertiary/aromatic N) is 3. The van der Waals surface area contributed by atoms with Gasteiger partial charge in [-0.3, -0.25) is 19.5 Å². The molecule has 0 unspecified atom stereocenters. The summed E-state index contributed by atoms with van der Waals surface area (Å²) >= 11 is 12.2. The van der Waals surface area contributed by atoms with Gasteiger partial charge in [-0.2, -0.15) is 0 Å². The van der Waals surface area contributed by atoms with E-state index in [9.17, 15) is 9.59 Å². The monoisotopic (exact) mass is 534 g/mol. The van der Waals surface area contributed by atoms with Crippen molar-refractivity contribution >= 4 is 41.0 Å². The van der Waals surface area contributed by atoms with Crippen LogP contribution in [-0.2, 0) is 4.79 Å². The summed E-state index contributed by atoms with van der Waals surface area (Å²) in [6.07, 6.45) is 3.37. The Balaban J connectivity index is 1.62. The van der Waals surface area contributed by atoms with Crippen molar-refractivity contribution in [2.75, 3.05) is 25.5 Å². The number of ether oxygens (including phenoxy) is 1. The molecule has 0 radical (unpaired) electrons. The lowest BCUT2D eigenvalue weighted by atomic mass is 10.2. The summed E-state index contributed by atoms with van der Waals surface area (Å²) in [5, 5.41) is 3.76. The number of rotatable bonds is 9. The highest BCUT2D eigenvalue weighted by Gasteiger charge is 2.21. The predicted octanol–water partition coefficient (Wildman–Crippen LogP) is 6.12. The number of carbonyl (C=O) groups excluding carboxylic acids is 2. The smallest absolute Gasteiger partial charge is 0.256 e. The standard InChI is InChI=1S/C28H24Cl2N4O3/c1-3-16-33(27(36)23-6-4-5-7-24(23)30)18-26(35)32-28-31-25(19-8-10-20(29)11-9-19)17-34(28)21-12-14-22(37-2)15-13-21/h3-15,17H,1,16,18H2,2H3,(H,31,32,35). The SMILES string of the molecule is C=CCN(CC(=O)Nc1nc(-c2ccc(Cl)cc2)cn1-c1ccc(OC)cc1)C(=O)c1ccccc1Cl. The molecular weight excluding hydrogens is 511 g/mol. The van der Waals surface area contributed by atoms with Crippen LogP contribution in [0.25, 0.3) is 16.9 Å². The van der Waals surface area contributed by atoms with Crippen LogP contribution in [0, 0.1) is 0 Å². The van der Waals surface area contributed by atoms with Gasteiger partial charge in [0, 0.05) is 29.0 Å². The molecule has 7 nitrogen and oxygen atoms in total. The fraction of sp³-hybridized carbons (Fsp3) is 0.107. The molecule has 0 spiro atoms. The van der Waals surface area contributed by atoms with Crippen LogP contribution in [0.4, 0.5) is 5.95 Å². The summed E-state index contributed by atoms with van der Waals surface area (Å²) in [4.78, 5) is 32.2. The van der Waals surface area contributed by atoms with E-state index in [1.165, 1.54) is 4.90 Å². The predicted molar refractivity (Wildman–Crippen MR) is 147 cm³/mol. The summed E-state index contributed by atoms with van der Waals surface area (Å²) in [7, 11) is 1.59. The van der Waals surface area contributed by atoms with Gasteiger partial charge in [0.1, 0.15) is 12.3 Å². The molecule has 4 rings (SSSR count). The number of carbonyl (C=O) groups is 2. The molecule has 0 bridgehead atoms. The molecule has 1 N–H and O–H groups in total. The second-order valence-corrected chi connectivity index (χ2v) is 8.87. The maximum Gasteiger partial charge on any atom is 0.256 e. The van der Waals surface area contributed by atoms with E-state index < -0.39 is 5.91 Å². The summed E-state index contributed by atoms with van der Waals surface area (Å²) in [6.45, 7) is 3.65. The van der Waals surface area contributed by atoms with E-state index in [1.54, 1.807) is 54.2 Å². The van der Waals surface area contributed by atoms with E-state index >= 15 is 0 Å². The number of methoxy groups -OCH3 is 1. The molecule has 1 aromatic heterocycles. The van der Waals surface area contributed by atoms with Crippen molar-refractivity contribution in [2.24, 2.45) is 0 Å². The molecule has 0 aliphatic heterocycles. The van der Waals surface area contributed by atoms with Gasteiger partial charge in [-0.15, -0.1) is 6.58 Å². The van der Waals surface area contributed by atoms with Crippen LogP contribution in [0.3, 0.4) is 0 Å².